The van der Waals surface area contributed by atoms with Gasteiger partial charge >= 0.3 is 5.97 Å². The summed E-state index contributed by atoms with van der Waals surface area (Å²) in [5.74, 6) is 0.198. The van der Waals surface area contributed by atoms with E-state index in [2.05, 4.69) is 0 Å². The molecule has 1 rings (SSSR count). The van der Waals surface area contributed by atoms with Gasteiger partial charge in [-0.25, -0.2) is 0 Å². The molecule has 1 amide bonds. The molecule has 1 unspecified atom stereocenters. The largest absolute Gasteiger partial charge is 0.494 e. The zero-order chi connectivity index (χ0) is 20.1. The van der Waals surface area contributed by atoms with Crippen molar-refractivity contribution < 1.29 is 24.2 Å². The van der Waals surface area contributed by atoms with Crippen molar-refractivity contribution in [2.24, 2.45) is 0 Å². The Morgan fingerprint density at radius 1 is 1.19 bits per heavy atom. The zero-order valence-corrected chi connectivity index (χ0v) is 16.5. The summed E-state index contributed by atoms with van der Waals surface area (Å²) in [5, 5.41) is 9.55. The van der Waals surface area contributed by atoms with Crippen molar-refractivity contribution in [1.29, 1.82) is 0 Å². The number of hydrogen-bond donors (Lipinski definition) is 1. The fourth-order valence-corrected chi connectivity index (χ4v) is 2.52. The van der Waals surface area contributed by atoms with E-state index in [0.29, 0.717) is 19.6 Å². The lowest BCUT2D eigenvalue weighted by atomic mass is 10.1. The molecule has 0 aliphatic carbocycles. The molecule has 1 N–H and O–H groups in total. The van der Waals surface area contributed by atoms with Crippen LogP contribution < -0.4 is 4.74 Å². The minimum atomic E-state index is -0.352. The van der Waals surface area contributed by atoms with E-state index in [0.717, 1.165) is 17.7 Å². The average molecular weight is 377 g/mol. The lowest BCUT2D eigenvalue weighted by molar-refractivity contribution is -0.144. The molecule has 0 radical (unpaired) electrons. The van der Waals surface area contributed by atoms with E-state index in [1.54, 1.807) is 13.0 Å². The van der Waals surface area contributed by atoms with Crippen LogP contribution in [-0.4, -0.2) is 54.3 Å². The van der Waals surface area contributed by atoms with Gasteiger partial charge in [-0.15, -0.1) is 0 Å². The minimum absolute atomic E-state index is 0.105. The van der Waals surface area contributed by atoms with E-state index >= 15 is 0 Å². The second-order valence-electron chi connectivity index (χ2n) is 6.08. The van der Waals surface area contributed by atoms with Crippen LogP contribution in [0.5, 0.6) is 5.75 Å². The maximum Gasteiger partial charge on any atom is 0.307 e. The number of hydrogen-bond acceptors (Lipinski definition) is 5. The second kappa shape index (κ2) is 12.9. The molecule has 0 heterocycles. The first-order valence-electron chi connectivity index (χ1n) is 9.53. The highest BCUT2D eigenvalue weighted by Crippen LogP contribution is 2.14. The van der Waals surface area contributed by atoms with Crippen LogP contribution in [0, 0.1) is 0 Å². The molecule has 0 spiro atoms. The van der Waals surface area contributed by atoms with Crippen LogP contribution in [0.3, 0.4) is 0 Å². The Hall–Kier alpha value is -2.34. The number of aliphatic hydroxyl groups excluding tert-OH is 1. The first-order chi connectivity index (χ1) is 13.0. The van der Waals surface area contributed by atoms with E-state index in [-0.39, 0.29) is 37.5 Å². The summed E-state index contributed by atoms with van der Waals surface area (Å²) in [6, 6.07) is 7.14. The Morgan fingerprint density at radius 3 is 2.44 bits per heavy atom. The van der Waals surface area contributed by atoms with Gasteiger partial charge in [0.2, 0.25) is 5.91 Å². The van der Waals surface area contributed by atoms with Gasteiger partial charge in [0.1, 0.15) is 5.75 Å². The Kier molecular flexibility index (Phi) is 10.9. The fraction of sp³-hybridized carbons (Fsp3) is 0.524. The quantitative estimate of drug-likeness (QED) is 0.448. The third kappa shape index (κ3) is 8.26. The Bertz CT molecular complexity index is 593. The van der Waals surface area contributed by atoms with Crippen molar-refractivity contribution in [2.75, 3.05) is 26.4 Å². The summed E-state index contributed by atoms with van der Waals surface area (Å²) in [7, 11) is 0. The van der Waals surface area contributed by atoms with E-state index in [1.165, 1.54) is 11.0 Å². The molecule has 0 saturated carbocycles. The molecule has 6 nitrogen and oxygen atoms in total. The number of amides is 1. The lowest BCUT2D eigenvalue weighted by Gasteiger charge is -2.28. The van der Waals surface area contributed by atoms with Crippen molar-refractivity contribution in [1.82, 2.24) is 4.90 Å². The van der Waals surface area contributed by atoms with Crippen LogP contribution in [0.1, 0.15) is 45.6 Å². The molecule has 1 atom stereocenters. The maximum absolute atomic E-state index is 12.6. The number of carbonyl (C=O) groups is 2. The van der Waals surface area contributed by atoms with E-state index < -0.39 is 0 Å². The van der Waals surface area contributed by atoms with Crippen molar-refractivity contribution in [3.8, 4) is 5.75 Å². The van der Waals surface area contributed by atoms with Crippen molar-refractivity contribution in [2.45, 2.75) is 46.1 Å². The van der Waals surface area contributed by atoms with Crippen LogP contribution in [0.25, 0.3) is 6.08 Å². The number of benzene rings is 1. The van der Waals surface area contributed by atoms with Crippen molar-refractivity contribution in [3.05, 3.63) is 35.9 Å². The standard InChI is InChI=1S/C21H31NO5/c1-4-15-27-19-10-7-17(8-11-19)9-12-20(24)22(18(5-2)16-23)14-13-21(25)26-6-3/h7-12,18,23H,4-6,13-16H2,1-3H3/b12-9+. The molecule has 0 bridgehead atoms. The third-order valence-electron chi connectivity index (χ3n) is 4.04. The number of aliphatic hydroxyl groups is 1. The normalized spacial score (nSPS) is 12.0. The van der Waals surface area contributed by atoms with Gasteiger partial charge in [0, 0.05) is 12.6 Å². The Labute approximate surface area is 161 Å². The highest BCUT2D eigenvalue weighted by molar-refractivity contribution is 5.92. The second-order valence-corrected chi connectivity index (χ2v) is 6.08. The molecule has 27 heavy (non-hydrogen) atoms. The van der Waals surface area contributed by atoms with Crippen molar-refractivity contribution >= 4 is 18.0 Å². The van der Waals surface area contributed by atoms with Gasteiger partial charge in [0.25, 0.3) is 0 Å². The zero-order valence-electron chi connectivity index (χ0n) is 16.5. The number of nitrogens with zero attached hydrogens (tertiary/aromatic N) is 1. The van der Waals surface area contributed by atoms with Gasteiger partial charge in [-0.3, -0.25) is 9.59 Å². The summed E-state index contributed by atoms with van der Waals surface area (Å²) in [6.07, 6.45) is 4.83. The van der Waals surface area contributed by atoms with Crippen molar-refractivity contribution in [3.63, 3.8) is 0 Å². The van der Waals surface area contributed by atoms with Crippen LogP contribution in [0.2, 0.25) is 0 Å². The van der Waals surface area contributed by atoms with Gasteiger partial charge in [0.15, 0.2) is 0 Å². The highest BCUT2D eigenvalue weighted by Gasteiger charge is 2.21. The molecule has 0 saturated heterocycles. The van der Waals surface area contributed by atoms with E-state index in [4.69, 9.17) is 9.47 Å². The van der Waals surface area contributed by atoms with E-state index in [1.807, 2.05) is 38.1 Å². The molecule has 0 aliphatic heterocycles. The highest BCUT2D eigenvalue weighted by atomic mass is 16.5. The van der Waals surface area contributed by atoms with Gasteiger partial charge in [-0.05, 0) is 43.5 Å². The first kappa shape index (κ1) is 22.7. The molecule has 1 aromatic rings. The first-order valence-corrected chi connectivity index (χ1v) is 9.53. The summed E-state index contributed by atoms with van der Waals surface area (Å²) >= 11 is 0. The summed E-state index contributed by atoms with van der Waals surface area (Å²) in [5.41, 5.74) is 0.870. The monoisotopic (exact) mass is 377 g/mol. The number of ether oxygens (including phenoxy) is 2. The molecule has 0 fully saturated rings. The Balaban J connectivity index is 2.75. The van der Waals surface area contributed by atoms with Crippen LogP contribution >= 0.6 is 0 Å². The fourth-order valence-electron chi connectivity index (χ4n) is 2.52. The smallest absolute Gasteiger partial charge is 0.307 e. The van der Waals surface area contributed by atoms with Gasteiger partial charge in [-0.1, -0.05) is 26.0 Å². The Morgan fingerprint density at radius 2 is 1.89 bits per heavy atom. The molecule has 6 heteroatoms. The van der Waals surface area contributed by atoms with E-state index in [9.17, 15) is 14.7 Å². The predicted octanol–water partition coefficient (Wildman–Crippen LogP) is 3.04. The minimum Gasteiger partial charge on any atom is -0.494 e. The average Bonchev–Trinajstić information content (AvgIpc) is 2.68. The van der Waals surface area contributed by atoms with Gasteiger partial charge in [0.05, 0.1) is 32.3 Å². The maximum atomic E-state index is 12.6. The summed E-state index contributed by atoms with van der Waals surface area (Å²) in [6.45, 7) is 6.72. The topological polar surface area (TPSA) is 76.1 Å². The van der Waals surface area contributed by atoms with Crippen LogP contribution in [0.15, 0.2) is 30.3 Å². The molecule has 0 aliphatic rings. The summed E-state index contributed by atoms with van der Waals surface area (Å²) < 4.78 is 10.5. The summed E-state index contributed by atoms with van der Waals surface area (Å²) in [4.78, 5) is 25.7. The number of rotatable bonds is 12. The molecular formula is C21H31NO5. The molecular weight excluding hydrogens is 346 g/mol. The number of carbonyl (C=O) groups excluding carboxylic acids is 2. The molecule has 1 aromatic carbocycles. The molecule has 0 aromatic heterocycles. The van der Waals surface area contributed by atoms with Gasteiger partial charge in [-0.2, -0.15) is 0 Å². The molecule has 150 valence electrons. The predicted molar refractivity (Wildman–Crippen MR) is 105 cm³/mol. The van der Waals surface area contributed by atoms with Crippen LogP contribution in [-0.2, 0) is 14.3 Å². The third-order valence-corrected chi connectivity index (χ3v) is 4.04. The SMILES string of the molecule is CCCOc1ccc(/C=C/C(=O)N(CCC(=O)OCC)C(CC)CO)cc1. The van der Waals surface area contributed by atoms with Crippen LogP contribution in [0.4, 0.5) is 0 Å². The lowest BCUT2D eigenvalue weighted by Crippen LogP contribution is -2.42. The van der Waals surface area contributed by atoms with Gasteiger partial charge < -0.3 is 19.5 Å². The number of esters is 1.